The number of ether oxygens (including phenoxy) is 1. The molecule has 0 radical (unpaired) electrons. The Kier molecular flexibility index (Phi) is 9.07. The number of aromatic nitrogens is 1. The summed E-state index contributed by atoms with van der Waals surface area (Å²) in [5.41, 5.74) is 3.93. The van der Waals surface area contributed by atoms with E-state index >= 15 is 0 Å². The number of carboxylic acids is 1. The lowest BCUT2D eigenvalue weighted by atomic mass is 9.77. The van der Waals surface area contributed by atoms with Crippen molar-refractivity contribution in [2.75, 3.05) is 7.11 Å². The summed E-state index contributed by atoms with van der Waals surface area (Å²) in [4.78, 5) is 15.6. The summed E-state index contributed by atoms with van der Waals surface area (Å²) in [6.07, 6.45) is 8.10. The molecule has 1 aliphatic carbocycles. The topological polar surface area (TPSA) is 85.4 Å². The Bertz CT molecular complexity index is 1110. The Morgan fingerprint density at radius 3 is 2.35 bits per heavy atom. The van der Waals surface area contributed by atoms with Gasteiger partial charge in [-0.2, -0.15) is 0 Å². The van der Waals surface area contributed by atoms with Gasteiger partial charge in [-0.05, 0) is 78.5 Å². The molecule has 1 fully saturated rings. The number of hydrogen-bond acceptors (Lipinski definition) is 5. The summed E-state index contributed by atoms with van der Waals surface area (Å²) in [6.45, 7) is 2.28. The minimum absolute atomic E-state index is 0.270. The van der Waals surface area contributed by atoms with Crippen molar-refractivity contribution in [3.05, 3.63) is 71.7 Å². The maximum atomic E-state index is 14.3. The van der Waals surface area contributed by atoms with E-state index < -0.39 is 17.3 Å². The first-order valence-corrected chi connectivity index (χ1v) is 11.9. The number of nitrogens with zero attached hydrogens (tertiary/aromatic N) is 1. The van der Waals surface area contributed by atoms with Gasteiger partial charge in [0.05, 0.1) is 18.4 Å². The third-order valence-corrected chi connectivity index (χ3v) is 6.69. The van der Waals surface area contributed by atoms with Crippen LogP contribution in [0.2, 0.25) is 0 Å². The van der Waals surface area contributed by atoms with E-state index in [0.717, 1.165) is 17.0 Å². The number of methoxy groups -OCH3 is 1. The summed E-state index contributed by atoms with van der Waals surface area (Å²) in [5, 5.41) is 13.4. The predicted molar refractivity (Wildman–Crippen MR) is 137 cm³/mol. The van der Waals surface area contributed by atoms with Crippen molar-refractivity contribution >= 4 is 18.8 Å². The molecule has 2 aromatic carbocycles. The molecule has 5 nitrogen and oxygen atoms in total. The number of hydrogen-bond donors (Lipinski definition) is 3. The summed E-state index contributed by atoms with van der Waals surface area (Å²) in [5.74, 6) is -0.363. The maximum Gasteiger partial charge on any atom is 0.338 e. The zero-order chi connectivity index (χ0) is 24.7. The fraction of sp³-hybridized carbons (Fsp3) is 0.333. The lowest BCUT2D eigenvalue weighted by Gasteiger charge is -2.28. The highest BCUT2D eigenvalue weighted by atomic mass is 32.1. The number of halogens is 1. The number of pyridine rings is 1. The van der Waals surface area contributed by atoms with Crippen molar-refractivity contribution in [1.29, 1.82) is 0 Å². The Labute approximate surface area is 205 Å². The van der Waals surface area contributed by atoms with Crippen molar-refractivity contribution < 1.29 is 19.0 Å². The first kappa shape index (κ1) is 25.7. The molecule has 0 unspecified atom stereocenters. The second-order valence-corrected chi connectivity index (χ2v) is 8.52. The molecule has 1 aliphatic rings. The molecule has 0 aliphatic heterocycles. The molecule has 0 atom stereocenters. The average molecular weight is 483 g/mol. The first-order valence-electron chi connectivity index (χ1n) is 11.4. The van der Waals surface area contributed by atoms with E-state index in [1.54, 1.807) is 6.20 Å². The molecule has 3 aromatic rings. The van der Waals surface area contributed by atoms with Crippen LogP contribution < -0.4 is 9.88 Å². The van der Waals surface area contributed by atoms with Gasteiger partial charge in [-0.25, -0.2) is 9.18 Å². The lowest BCUT2D eigenvalue weighted by Crippen LogP contribution is -2.12. The monoisotopic (exact) mass is 482 g/mol. The van der Waals surface area contributed by atoms with Crippen LogP contribution in [0.4, 0.5) is 4.39 Å². The molecule has 34 heavy (non-hydrogen) atoms. The lowest BCUT2D eigenvalue weighted by molar-refractivity contribution is 0.0691. The van der Waals surface area contributed by atoms with Gasteiger partial charge in [-0.3, -0.25) is 10.1 Å². The van der Waals surface area contributed by atoms with Crippen LogP contribution >= 0.6 is 12.8 Å². The summed E-state index contributed by atoms with van der Waals surface area (Å²) < 4.78 is 19.6. The Hall–Kier alpha value is -2.90. The van der Waals surface area contributed by atoms with Crippen LogP contribution in [0.25, 0.3) is 22.4 Å². The standard InChI is InChI=1S/C27H28FNO3.H3NS/c1-3-17-4-6-18(7-5-17)19-8-10-20(11-9-19)21-12-13-29-25(14-21)23-15-24(28)22(27(30)31)16-26(23)32-2;1-2/h8-18H,3-7H2,1-2H3,(H,30,31);2H,1H2. The van der Waals surface area contributed by atoms with E-state index in [4.69, 9.17) is 4.74 Å². The first-order chi connectivity index (χ1) is 16.5. The van der Waals surface area contributed by atoms with Crippen LogP contribution in [0, 0.1) is 11.7 Å². The van der Waals surface area contributed by atoms with Crippen molar-refractivity contribution in [1.82, 2.24) is 4.98 Å². The van der Waals surface area contributed by atoms with E-state index in [-0.39, 0.29) is 5.75 Å². The third-order valence-electron chi connectivity index (χ3n) is 6.69. The van der Waals surface area contributed by atoms with Crippen molar-refractivity contribution in [3.63, 3.8) is 0 Å². The molecule has 3 N–H and O–H groups in total. The fourth-order valence-corrected chi connectivity index (χ4v) is 4.70. The highest BCUT2D eigenvalue weighted by molar-refractivity contribution is 7.77. The van der Waals surface area contributed by atoms with Crippen LogP contribution in [0.1, 0.15) is 60.9 Å². The van der Waals surface area contributed by atoms with Gasteiger partial charge < -0.3 is 9.84 Å². The number of nitrogens with two attached hydrogens (primary N) is 1. The molecule has 1 saturated carbocycles. The molecule has 0 bridgehead atoms. The van der Waals surface area contributed by atoms with E-state index in [1.165, 1.54) is 56.9 Å². The van der Waals surface area contributed by atoms with E-state index in [9.17, 15) is 14.3 Å². The highest BCUT2D eigenvalue weighted by Gasteiger charge is 2.21. The third kappa shape index (κ3) is 5.77. The number of thiol groups is 1. The van der Waals surface area contributed by atoms with Gasteiger partial charge in [0.15, 0.2) is 0 Å². The largest absolute Gasteiger partial charge is 0.496 e. The molecular formula is C27H31FN2O3S. The molecule has 4 rings (SSSR count). The van der Waals surface area contributed by atoms with Crippen LogP contribution in [0.5, 0.6) is 5.75 Å². The van der Waals surface area contributed by atoms with Gasteiger partial charge in [0.25, 0.3) is 0 Å². The van der Waals surface area contributed by atoms with Crippen molar-refractivity contribution in [2.24, 2.45) is 11.1 Å². The quantitative estimate of drug-likeness (QED) is 0.339. The van der Waals surface area contributed by atoms with Gasteiger partial charge in [0.2, 0.25) is 0 Å². The van der Waals surface area contributed by atoms with Gasteiger partial charge >= 0.3 is 5.97 Å². The Morgan fingerprint density at radius 2 is 1.76 bits per heavy atom. The van der Waals surface area contributed by atoms with Crippen LogP contribution in [0.15, 0.2) is 54.7 Å². The predicted octanol–water partition coefficient (Wildman–Crippen LogP) is 6.74. The van der Waals surface area contributed by atoms with E-state index in [1.807, 2.05) is 12.1 Å². The van der Waals surface area contributed by atoms with Crippen molar-refractivity contribution in [2.45, 2.75) is 44.9 Å². The highest BCUT2D eigenvalue weighted by Crippen LogP contribution is 2.38. The minimum atomic E-state index is -1.34. The Balaban J connectivity index is 0.00000158. The molecule has 7 heteroatoms. The second-order valence-electron chi connectivity index (χ2n) is 8.52. The average Bonchev–Trinajstić information content (AvgIpc) is 2.89. The SMILES string of the molecule is CCC1CCC(c2ccc(-c3ccnc(-c4cc(F)c(C(=O)O)cc4OC)c3)cc2)CC1.NS. The van der Waals surface area contributed by atoms with Crippen LogP contribution in [-0.4, -0.2) is 23.2 Å². The van der Waals surface area contributed by atoms with Gasteiger partial charge in [-0.1, -0.05) is 37.6 Å². The smallest absolute Gasteiger partial charge is 0.338 e. The molecule has 0 saturated heterocycles. The summed E-state index contributed by atoms with van der Waals surface area (Å²) in [6, 6.07) is 14.9. The summed E-state index contributed by atoms with van der Waals surface area (Å²) in [7, 11) is 1.43. The maximum absolute atomic E-state index is 14.3. The van der Waals surface area contributed by atoms with E-state index in [0.29, 0.717) is 17.2 Å². The van der Waals surface area contributed by atoms with Crippen molar-refractivity contribution in [3.8, 4) is 28.1 Å². The number of benzene rings is 2. The molecule has 180 valence electrons. The second kappa shape index (κ2) is 12.0. The summed E-state index contributed by atoms with van der Waals surface area (Å²) >= 11 is 3.03. The Morgan fingerprint density at radius 1 is 1.09 bits per heavy atom. The molecule has 1 aromatic heterocycles. The van der Waals surface area contributed by atoms with Gasteiger partial charge in [-0.15, -0.1) is 12.8 Å². The molecule has 0 spiro atoms. The van der Waals surface area contributed by atoms with Gasteiger partial charge in [0.1, 0.15) is 11.6 Å². The minimum Gasteiger partial charge on any atom is -0.496 e. The molecule has 0 amide bonds. The van der Waals surface area contributed by atoms with Gasteiger partial charge in [0, 0.05) is 11.8 Å². The zero-order valence-corrected chi connectivity index (χ0v) is 20.4. The number of aromatic carboxylic acids is 1. The number of carboxylic acid groups (broad SMARTS) is 1. The van der Waals surface area contributed by atoms with Crippen LogP contribution in [0.3, 0.4) is 0 Å². The normalized spacial score (nSPS) is 17.4. The number of rotatable bonds is 6. The molecule has 1 heterocycles. The molecular weight excluding hydrogens is 451 g/mol. The van der Waals surface area contributed by atoms with E-state index in [2.05, 4.69) is 54.1 Å². The number of carbonyl (C=O) groups is 1. The fourth-order valence-electron chi connectivity index (χ4n) is 4.70. The zero-order valence-electron chi connectivity index (χ0n) is 19.5. The van der Waals surface area contributed by atoms with Crippen LogP contribution in [-0.2, 0) is 0 Å².